The van der Waals surface area contributed by atoms with Crippen molar-refractivity contribution in [3.63, 3.8) is 0 Å². The van der Waals surface area contributed by atoms with Crippen molar-refractivity contribution in [2.45, 2.75) is 59.2 Å². The number of allylic oxidation sites excluding steroid dienone is 4. The number of alkyl halides is 3. The molecule has 1 amide bonds. The molecule has 3 aromatic rings. The number of nitriles is 1. The molecule has 2 heterocycles. The number of carbonyl (C=O) groups excluding carboxylic acids is 1. The molecule has 1 aliphatic heterocycles. The van der Waals surface area contributed by atoms with Crippen molar-refractivity contribution in [2.24, 2.45) is 11.3 Å². The van der Waals surface area contributed by atoms with Gasteiger partial charge in [0, 0.05) is 30.8 Å². The van der Waals surface area contributed by atoms with Crippen LogP contribution in [0, 0.1) is 22.7 Å². The number of hydrogen-bond donors (Lipinski definition) is 1. The third-order valence-corrected chi connectivity index (χ3v) is 9.01. The highest BCUT2D eigenvalue weighted by molar-refractivity contribution is 5.84. The molecule has 5 rings (SSSR count). The highest BCUT2D eigenvalue weighted by Crippen LogP contribution is 2.38. The van der Waals surface area contributed by atoms with Gasteiger partial charge in [-0.15, -0.1) is 0 Å². The number of nitrogens with one attached hydrogen (secondary N) is 1. The highest BCUT2D eigenvalue weighted by atomic mass is 19.4. The van der Waals surface area contributed by atoms with Gasteiger partial charge in [-0.05, 0) is 92.7 Å². The van der Waals surface area contributed by atoms with Crippen LogP contribution >= 0.6 is 0 Å². The average molecular weight is 675 g/mol. The predicted molar refractivity (Wildman–Crippen MR) is 182 cm³/mol. The summed E-state index contributed by atoms with van der Waals surface area (Å²) in [7, 11) is 0. The number of amides is 1. The molecule has 2 aromatic carbocycles. The van der Waals surface area contributed by atoms with E-state index in [1.165, 1.54) is 29.9 Å². The molecular formula is C38H41F3N4O4. The molecule has 0 spiro atoms. The van der Waals surface area contributed by atoms with Gasteiger partial charge in [0.2, 0.25) is 0 Å². The molecular weight excluding hydrogens is 633 g/mol. The molecule has 1 atom stereocenters. The van der Waals surface area contributed by atoms with Crippen LogP contribution in [-0.4, -0.2) is 41.8 Å². The molecule has 2 aliphatic rings. The fraction of sp³-hybridized carbons (Fsp3) is 0.395. The largest absolute Gasteiger partial charge is 0.457 e. The van der Waals surface area contributed by atoms with Gasteiger partial charge in [-0.3, -0.25) is 10.1 Å². The molecule has 0 bridgehead atoms. The van der Waals surface area contributed by atoms with E-state index >= 15 is 0 Å². The normalized spacial score (nSPS) is 17.6. The number of nitrogens with zero attached hydrogens (tertiary/aromatic N) is 3. The van der Waals surface area contributed by atoms with Gasteiger partial charge in [-0.25, -0.2) is 4.79 Å². The van der Waals surface area contributed by atoms with Crippen LogP contribution in [0.15, 0.2) is 83.2 Å². The quantitative estimate of drug-likeness (QED) is 0.216. The maximum Gasteiger partial charge on any atom is 0.417 e. The number of carbonyl (C=O) groups is 1. The first-order valence-electron chi connectivity index (χ1n) is 16.5. The topological polar surface area (TPSA) is 96.6 Å². The SMILES string of the molecule is CC1=CC(C)(C)C(Cn2c(-c3ccc(Oc4cccc(NC(=O)OCCCN5CCCCC5)c4)cc3)cc(C(F)(F)F)c(C#N)c2=O)C=C1. The number of rotatable bonds is 10. The molecule has 1 aliphatic carbocycles. The molecule has 1 fully saturated rings. The van der Waals surface area contributed by atoms with Crippen molar-refractivity contribution in [2.75, 3.05) is 31.6 Å². The lowest BCUT2D eigenvalue weighted by atomic mass is 9.74. The molecule has 8 nitrogen and oxygen atoms in total. The van der Waals surface area contributed by atoms with E-state index in [0.29, 0.717) is 29.4 Å². The molecule has 0 saturated carbocycles. The van der Waals surface area contributed by atoms with Gasteiger partial charge in [0.1, 0.15) is 23.1 Å². The van der Waals surface area contributed by atoms with Gasteiger partial charge < -0.3 is 18.9 Å². The summed E-state index contributed by atoms with van der Waals surface area (Å²) >= 11 is 0. The Morgan fingerprint density at radius 3 is 2.47 bits per heavy atom. The standard InChI is InChI=1S/C38H41F3N4O4/c1-26-11-14-28(37(2,3)23-26)25-45-34(22-33(38(39,40)41)32(24-42)35(45)46)27-12-15-30(16-13-27)49-31-10-7-9-29(21-31)43-36(47)48-20-8-19-44-17-5-4-6-18-44/h7,9-16,21-23,28H,4-6,8,17-20,25H2,1-3H3,(H,43,47). The van der Waals surface area contributed by atoms with Crippen molar-refractivity contribution in [1.29, 1.82) is 5.26 Å². The summed E-state index contributed by atoms with van der Waals surface area (Å²) in [4.78, 5) is 28.2. The lowest BCUT2D eigenvalue weighted by Crippen LogP contribution is -2.34. The van der Waals surface area contributed by atoms with Crippen LogP contribution in [0.3, 0.4) is 0 Å². The van der Waals surface area contributed by atoms with E-state index in [0.717, 1.165) is 37.7 Å². The predicted octanol–water partition coefficient (Wildman–Crippen LogP) is 8.78. The maximum atomic E-state index is 14.1. The van der Waals surface area contributed by atoms with Crippen LogP contribution in [0.5, 0.6) is 11.5 Å². The molecule has 1 saturated heterocycles. The van der Waals surface area contributed by atoms with E-state index in [9.17, 15) is 28.0 Å². The Bertz CT molecular complexity index is 1810. The van der Waals surface area contributed by atoms with Crippen molar-refractivity contribution >= 4 is 11.8 Å². The Morgan fingerprint density at radius 2 is 1.80 bits per heavy atom. The molecule has 49 heavy (non-hydrogen) atoms. The van der Waals surface area contributed by atoms with E-state index in [2.05, 4.69) is 16.3 Å². The second kappa shape index (κ2) is 15.2. The summed E-state index contributed by atoms with van der Waals surface area (Å²) in [5.74, 6) is 0.591. The number of hydrogen-bond acceptors (Lipinski definition) is 6. The lowest BCUT2D eigenvalue weighted by molar-refractivity contribution is -0.137. The van der Waals surface area contributed by atoms with Crippen LogP contribution in [0.25, 0.3) is 11.3 Å². The number of piperidine rings is 1. The van der Waals surface area contributed by atoms with E-state index in [-0.39, 0.29) is 23.6 Å². The van der Waals surface area contributed by atoms with Crippen molar-refractivity contribution in [3.8, 4) is 28.8 Å². The Kier molecular flexibility index (Phi) is 11.0. The van der Waals surface area contributed by atoms with Gasteiger partial charge in [0.15, 0.2) is 0 Å². The molecule has 1 unspecified atom stereocenters. The van der Waals surface area contributed by atoms with Crippen LogP contribution < -0.4 is 15.6 Å². The van der Waals surface area contributed by atoms with Gasteiger partial charge >= 0.3 is 12.3 Å². The van der Waals surface area contributed by atoms with Gasteiger partial charge in [0.05, 0.1) is 17.9 Å². The molecule has 258 valence electrons. The zero-order valence-electron chi connectivity index (χ0n) is 28.0. The third-order valence-electron chi connectivity index (χ3n) is 9.01. The summed E-state index contributed by atoms with van der Waals surface area (Å²) in [5, 5.41) is 12.3. The minimum Gasteiger partial charge on any atom is -0.457 e. The second-order valence-electron chi connectivity index (χ2n) is 13.2. The number of benzene rings is 2. The summed E-state index contributed by atoms with van der Waals surface area (Å²) in [6.07, 6.45) is 4.92. The zero-order chi connectivity index (χ0) is 35.2. The molecule has 11 heteroatoms. The second-order valence-corrected chi connectivity index (χ2v) is 13.2. The number of pyridine rings is 1. The smallest absolute Gasteiger partial charge is 0.417 e. The fourth-order valence-electron chi connectivity index (χ4n) is 6.41. The summed E-state index contributed by atoms with van der Waals surface area (Å²) in [5.41, 5.74) is -1.67. The first kappa shape index (κ1) is 35.5. The van der Waals surface area contributed by atoms with Crippen molar-refractivity contribution < 1.29 is 27.4 Å². The number of halogens is 3. The van der Waals surface area contributed by atoms with Gasteiger partial charge in [-0.1, -0.05) is 50.1 Å². The number of likely N-dealkylation sites (tertiary alicyclic amines) is 1. The molecule has 1 N–H and O–H groups in total. The number of ether oxygens (including phenoxy) is 2. The van der Waals surface area contributed by atoms with Crippen molar-refractivity contribution in [3.05, 3.63) is 99.9 Å². The van der Waals surface area contributed by atoms with E-state index in [4.69, 9.17) is 9.47 Å². The Labute approximate surface area is 284 Å². The van der Waals surface area contributed by atoms with Crippen LogP contribution in [0.4, 0.5) is 23.7 Å². The van der Waals surface area contributed by atoms with E-state index in [1.54, 1.807) is 48.5 Å². The summed E-state index contributed by atoms with van der Waals surface area (Å²) < 4.78 is 54.8. The fourth-order valence-corrected chi connectivity index (χ4v) is 6.41. The van der Waals surface area contributed by atoms with E-state index < -0.39 is 29.0 Å². The zero-order valence-corrected chi connectivity index (χ0v) is 28.0. The minimum absolute atomic E-state index is 0.0407. The maximum absolute atomic E-state index is 14.1. The summed E-state index contributed by atoms with van der Waals surface area (Å²) in [6, 6.07) is 15.4. The van der Waals surface area contributed by atoms with E-state index in [1.807, 2.05) is 32.9 Å². The lowest BCUT2D eigenvalue weighted by Gasteiger charge is -2.34. The monoisotopic (exact) mass is 674 g/mol. The Hall–Kier alpha value is -4.82. The number of anilines is 1. The van der Waals surface area contributed by atoms with Crippen LogP contribution in [0.2, 0.25) is 0 Å². The third kappa shape index (κ3) is 9.00. The summed E-state index contributed by atoms with van der Waals surface area (Å²) in [6.45, 7) is 9.43. The average Bonchev–Trinajstić information content (AvgIpc) is 3.05. The molecule has 0 radical (unpaired) electrons. The van der Waals surface area contributed by atoms with Gasteiger partial charge in [-0.2, -0.15) is 18.4 Å². The number of aromatic nitrogens is 1. The first-order chi connectivity index (χ1) is 23.3. The Morgan fingerprint density at radius 1 is 1.06 bits per heavy atom. The van der Waals surface area contributed by atoms with Crippen LogP contribution in [0.1, 0.15) is 57.6 Å². The van der Waals surface area contributed by atoms with Crippen LogP contribution in [-0.2, 0) is 17.5 Å². The van der Waals surface area contributed by atoms with Gasteiger partial charge in [0.25, 0.3) is 5.56 Å². The minimum atomic E-state index is -4.90. The molecule has 1 aromatic heterocycles. The first-order valence-corrected chi connectivity index (χ1v) is 16.5. The van der Waals surface area contributed by atoms with Crippen molar-refractivity contribution in [1.82, 2.24) is 9.47 Å². The highest BCUT2D eigenvalue weighted by Gasteiger charge is 2.37. The Balaban J connectivity index is 1.31.